The number of thioether (sulfide) groups is 1. The number of carboxylic acids is 1. The van der Waals surface area contributed by atoms with Crippen LogP contribution in [0.4, 0.5) is 0 Å². The number of hydrogen-bond donors (Lipinski definition) is 1. The Hall–Kier alpha value is -1.54. The maximum absolute atomic E-state index is 10.5. The molecule has 1 heterocycles. The smallest absolute Gasteiger partial charge is 0.304 e. The first-order valence-electron chi connectivity index (χ1n) is 6.17. The van der Waals surface area contributed by atoms with Crippen LogP contribution in [0.1, 0.15) is 12.2 Å². The topological polar surface area (TPSA) is 77.2 Å². The molecule has 0 aliphatic carbocycles. The molecule has 2 rings (SSSR count). The van der Waals surface area contributed by atoms with E-state index >= 15 is 0 Å². The lowest BCUT2D eigenvalue weighted by molar-refractivity contribution is -0.136. The van der Waals surface area contributed by atoms with Gasteiger partial charge in [-0.2, -0.15) is 0 Å². The molecule has 0 spiro atoms. The predicted molar refractivity (Wildman–Crippen MR) is 82.5 cm³/mol. The summed E-state index contributed by atoms with van der Waals surface area (Å²) in [7, 11) is 1.84. The number of aliphatic carboxylic acids is 1. The van der Waals surface area contributed by atoms with Gasteiger partial charge in [0.2, 0.25) is 0 Å². The minimum Gasteiger partial charge on any atom is -0.486 e. The Morgan fingerprint density at radius 3 is 2.76 bits per heavy atom. The summed E-state index contributed by atoms with van der Waals surface area (Å²) in [5.74, 6) is 1.09. The molecule has 0 saturated heterocycles. The van der Waals surface area contributed by atoms with Crippen molar-refractivity contribution < 1.29 is 14.6 Å². The first kappa shape index (κ1) is 15.8. The van der Waals surface area contributed by atoms with Crippen molar-refractivity contribution in [2.75, 3.05) is 5.75 Å². The van der Waals surface area contributed by atoms with Gasteiger partial charge in [0.1, 0.15) is 12.4 Å². The maximum atomic E-state index is 10.5. The van der Waals surface area contributed by atoms with Crippen molar-refractivity contribution in [1.29, 1.82) is 0 Å². The molecule has 1 N–H and O–H groups in total. The molecule has 0 unspecified atom stereocenters. The zero-order valence-electron chi connectivity index (χ0n) is 11.3. The van der Waals surface area contributed by atoms with Crippen LogP contribution in [-0.4, -0.2) is 31.6 Å². The third-order valence-electron chi connectivity index (χ3n) is 2.65. The molecule has 0 radical (unpaired) electrons. The molecule has 0 atom stereocenters. The fourth-order valence-corrected chi connectivity index (χ4v) is 2.63. The highest BCUT2D eigenvalue weighted by molar-refractivity contribution is 9.10. The summed E-state index contributed by atoms with van der Waals surface area (Å²) in [4.78, 5) is 10.5. The van der Waals surface area contributed by atoms with Crippen LogP contribution in [0.3, 0.4) is 0 Å². The predicted octanol–water partition coefficient (Wildman–Crippen LogP) is 2.72. The van der Waals surface area contributed by atoms with Crippen LogP contribution in [0.15, 0.2) is 33.9 Å². The lowest BCUT2D eigenvalue weighted by Crippen LogP contribution is -2.04. The first-order chi connectivity index (χ1) is 10.1. The Balaban J connectivity index is 1.90. The SMILES string of the molecule is Cn1c(COc2ccc(Br)cc2)nnc1SCCC(=O)O. The van der Waals surface area contributed by atoms with Crippen LogP contribution in [-0.2, 0) is 18.4 Å². The molecular weight excluding hydrogens is 358 g/mol. The summed E-state index contributed by atoms with van der Waals surface area (Å²) in [5, 5.41) is 17.4. The van der Waals surface area contributed by atoms with Gasteiger partial charge in [0.25, 0.3) is 0 Å². The van der Waals surface area contributed by atoms with Gasteiger partial charge >= 0.3 is 5.97 Å². The molecule has 0 amide bonds. The van der Waals surface area contributed by atoms with Crippen molar-refractivity contribution in [3.8, 4) is 5.75 Å². The van der Waals surface area contributed by atoms with E-state index < -0.39 is 5.97 Å². The first-order valence-corrected chi connectivity index (χ1v) is 7.95. The molecular formula is C13H14BrN3O3S. The third-order valence-corrected chi connectivity index (χ3v) is 4.20. The summed E-state index contributed by atoms with van der Waals surface area (Å²) < 4.78 is 8.44. The fourth-order valence-electron chi connectivity index (χ4n) is 1.50. The lowest BCUT2D eigenvalue weighted by Gasteiger charge is -2.06. The average Bonchev–Trinajstić information content (AvgIpc) is 2.79. The number of halogens is 1. The van der Waals surface area contributed by atoms with E-state index in [1.54, 1.807) is 0 Å². The van der Waals surface area contributed by atoms with E-state index in [1.165, 1.54) is 11.8 Å². The summed E-state index contributed by atoms with van der Waals surface area (Å²) >= 11 is 4.73. The minimum atomic E-state index is -0.816. The van der Waals surface area contributed by atoms with Crippen molar-refractivity contribution in [1.82, 2.24) is 14.8 Å². The number of carboxylic acid groups (broad SMARTS) is 1. The molecule has 21 heavy (non-hydrogen) atoms. The highest BCUT2D eigenvalue weighted by Crippen LogP contribution is 2.19. The molecule has 1 aromatic heterocycles. The van der Waals surface area contributed by atoms with Gasteiger partial charge in [0.15, 0.2) is 11.0 Å². The van der Waals surface area contributed by atoms with Gasteiger partial charge in [0.05, 0.1) is 6.42 Å². The standard InChI is InChI=1S/C13H14BrN3O3S/c1-17-11(8-20-10-4-2-9(14)3-5-10)15-16-13(17)21-7-6-12(18)19/h2-5H,6-8H2,1H3,(H,18,19). The van der Waals surface area contributed by atoms with Gasteiger partial charge in [0, 0.05) is 17.3 Å². The van der Waals surface area contributed by atoms with E-state index in [9.17, 15) is 4.79 Å². The number of nitrogens with zero attached hydrogens (tertiary/aromatic N) is 3. The van der Waals surface area contributed by atoms with Gasteiger partial charge in [-0.05, 0) is 24.3 Å². The zero-order chi connectivity index (χ0) is 15.2. The highest BCUT2D eigenvalue weighted by Gasteiger charge is 2.10. The van der Waals surface area contributed by atoms with Crippen LogP contribution in [0.2, 0.25) is 0 Å². The van der Waals surface area contributed by atoms with Gasteiger partial charge in [-0.3, -0.25) is 4.79 Å². The van der Waals surface area contributed by atoms with E-state index in [0.717, 1.165) is 10.2 Å². The number of aromatic nitrogens is 3. The number of benzene rings is 1. The summed E-state index contributed by atoms with van der Waals surface area (Å²) in [6.45, 7) is 0.310. The molecule has 0 fully saturated rings. The summed E-state index contributed by atoms with van der Waals surface area (Å²) in [6.07, 6.45) is 0.0995. The number of hydrogen-bond acceptors (Lipinski definition) is 5. The second kappa shape index (κ2) is 7.46. The van der Waals surface area contributed by atoms with Crippen LogP contribution < -0.4 is 4.74 Å². The van der Waals surface area contributed by atoms with Crippen molar-refractivity contribution >= 4 is 33.7 Å². The van der Waals surface area contributed by atoms with E-state index in [1.807, 2.05) is 35.9 Å². The van der Waals surface area contributed by atoms with Gasteiger partial charge in [-0.1, -0.05) is 27.7 Å². The van der Waals surface area contributed by atoms with E-state index in [2.05, 4.69) is 26.1 Å². The molecule has 0 aliphatic heterocycles. The van der Waals surface area contributed by atoms with Gasteiger partial charge in [-0.25, -0.2) is 0 Å². The zero-order valence-corrected chi connectivity index (χ0v) is 13.7. The maximum Gasteiger partial charge on any atom is 0.304 e. The quantitative estimate of drug-likeness (QED) is 0.754. The average molecular weight is 372 g/mol. The van der Waals surface area contributed by atoms with Crippen molar-refractivity contribution in [3.05, 3.63) is 34.6 Å². The van der Waals surface area contributed by atoms with Crippen molar-refractivity contribution in [2.24, 2.45) is 7.05 Å². The van der Waals surface area contributed by atoms with Gasteiger partial charge < -0.3 is 14.4 Å². The molecule has 1 aromatic carbocycles. The Morgan fingerprint density at radius 1 is 1.38 bits per heavy atom. The number of carbonyl (C=O) groups is 1. The fraction of sp³-hybridized carbons (Fsp3) is 0.308. The second-order valence-corrected chi connectivity index (χ2v) is 6.17. The summed E-state index contributed by atoms with van der Waals surface area (Å²) in [6, 6.07) is 7.53. The Kier molecular flexibility index (Phi) is 5.63. The van der Waals surface area contributed by atoms with Crippen molar-refractivity contribution in [2.45, 2.75) is 18.2 Å². The minimum absolute atomic E-state index is 0.0995. The molecule has 0 aliphatic rings. The molecule has 112 valence electrons. The Morgan fingerprint density at radius 2 is 2.10 bits per heavy atom. The van der Waals surface area contributed by atoms with Crippen LogP contribution in [0, 0.1) is 0 Å². The summed E-state index contributed by atoms with van der Waals surface area (Å²) in [5.41, 5.74) is 0. The number of ether oxygens (including phenoxy) is 1. The van der Waals surface area contributed by atoms with Crippen LogP contribution in [0.25, 0.3) is 0 Å². The van der Waals surface area contributed by atoms with E-state index in [-0.39, 0.29) is 6.42 Å². The largest absolute Gasteiger partial charge is 0.486 e. The monoisotopic (exact) mass is 371 g/mol. The Labute approximate surface area is 134 Å². The molecule has 2 aromatic rings. The lowest BCUT2D eigenvalue weighted by atomic mass is 10.3. The highest BCUT2D eigenvalue weighted by atomic mass is 79.9. The molecule has 8 heteroatoms. The normalized spacial score (nSPS) is 10.6. The molecule has 0 bridgehead atoms. The van der Waals surface area contributed by atoms with Gasteiger partial charge in [-0.15, -0.1) is 10.2 Å². The molecule has 0 saturated carbocycles. The Bertz CT molecular complexity index is 616. The van der Waals surface area contributed by atoms with Crippen LogP contribution >= 0.6 is 27.7 Å². The van der Waals surface area contributed by atoms with E-state index in [0.29, 0.717) is 23.3 Å². The third kappa shape index (κ3) is 4.75. The van der Waals surface area contributed by atoms with Crippen molar-refractivity contribution in [3.63, 3.8) is 0 Å². The number of rotatable bonds is 7. The van der Waals surface area contributed by atoms with E-state index in [4.69, 9.17) is 9.84 Å². The second-order valence-electron chi connectivity index (χ2n) is 4.19. The molecule has 6 nitrogen and oxygen atoms in total. The van der Waals surface area contributed by atoms with Crippen LogP contribution in [0.5, 0.6) is 5.75 Å².